The molecule has 6 nitrogen and oxygen atoms in total. The Kier molecular flexibility index (Phi) is 8.33. The van der Waals surface area contributed by atoms with E-state index in [9.17, 15) is 19.2 Å². The lowest BCUT2D eigenvalue weighted by Gasteiger charge is -2.30. The lowest BCUT2D eigenvalue weighted by atomic mass is 9.72. The summed E-state index contributed by atoms with van der Waals surface area (Å²) in [5.41, 5.74) is -0.0734. The molecule has 0 aromatic heterocycles. The summed E-state index contributed by atoms with van der Waals surface area (Å²) in [4.78, 5) is 44.5. The van der Waals surface area contributed by atoms with Gasteiger partial charge in [-0.05, 0) is 23.2 Å². The molecule has 0 N–H and O–H groups in total. The van der Waals surface area contributed by atoms with Gasteiger partial charge >= 0.3 is 23.9 Å². The van der Waals surface area contributed by atoms with Gasteiger partial charge in [0.15, 0.2) is 0 Å². The van der Waals surface area contributed by atoms with Crippen LogP contribution in [0.25, 0.3) is 0 Å². The Morgan fingerprint density at radius 1 is 0.964 bits per heavy atom. The van der Waals surface area contributed by atoms with Gasteiger partial charge < -0.3 is 9.47 Å². The number of ether oxygens (including phenoxy) is 2. The van der Waals surface area contributed by atoms with Crippen LogP contribution in [0.3, 0.4) is 0 Å². The van der Waals surface area contributed by atoms with Gasteiger partial charge in [-0.1, -0.05) is 53.2 Å². The number of allylic oxidation sites excluding steroid dienone is 2. The van der Waals surface area contributed by atoms with Gasteiger partial charge in [0.2, 0.25) is 0 Å². The first kappa shape index (κ1) is 23.8. The summed E-state index contributed by atoms with van der Waals surface area (Å²) < 4.78 is 9.05. The quantitative estimate of drug-likeness (QED) is 0.388. The van der Waals surface area contributed by atoms with Crippen molar-refractivity contribution >= 4 is 23.9 Å². The monoisotopic (exact) mass is 392 g/mol. The number of carbonyl (C=O) groups is 4. The fourth-order valence-corrected chi connectivity index (χ4v) is 3.74. The van der Waals surface area contributed by atoms with Crippen molar-refractivity contribution in [3.05, 3.63) is 25.3 Å². The van der Waals surface area contributed by atoms with E-state index >= 15 is 0 Å². The van der Waals surface area contributed by atoms with Gasteiger partial charge in [-0.2, -0.15) is 0 Å². The number of esters is 4. The van der Waals surface area contributed by atoms with Crippen LogP contribution in [0.15, 0.2) is 25.3 Å². The molecule has 0 saturated carbocycles. The average molecular weight is 392 g/mol. The van der Waals surface area contributed by atoms with E-state index in [2.05, 4.69) is 36.5 Å². The summed E-state index contributed by atoms with van der Waals surface area (Å²) in [6, 6.07) is 0. The topological polar surface area (TPSA) is 86.7 Å². The largest absolute Gasteiger partial charge is 0.393 e. The second kappa shape index (κ2) is 9.80. The number of hydrogen-bond donors (Lipinski definition) is 0. The van der Waals surface area contributed by atoms with Crippen LogP contribution in [0.1, 0.15) is 53.9 Å². The van der Waals surface area contributed by atoms with Crippen molar-refractivity contribution in [2.45, 2.75) is 53.9 Å². The highest BCUT2D eigenvalue weighted by Crippen LogP contribution is 2.37. The number of rotatable bonds is 6. The smallest absolute Gasteiger partial charge is 0.317 e. The lowest BCUT2D eigenvalue weighted by Crippen LogP contribution is -2.29. The van der Waals surface area contributed by atoms with Crippen molar-refractivity contribution in [1.29, 1.82) is 0 Å². The molecule has 2 rings (SSSR count). The van der Waals surface area contributed by atoms with Crippen molar-refractivity contribution in [2.75, 3.05) is 0 Å². The summed E-state index contributed by atoms with van der Waals surface area (Å²) in [5.74, 6) is -1.88. The normalized spacial score (nSPS) is 25.2. The molecule has 0 amide bonds. The van der Waals surface area contributed by atoms with Gasteiger partial charge in [-0.25, -0.2) is 0 Å². The Morgan fingerprint density at radius 2 is 1.43 bits per heavy atom. The Balaban J connectivity index is 0.000000280. The molecule has 2 aliphatic rings. The molecule has 0 radical (unpaired) electrons. The second-order valence-corrected chi connectivity index (χ2v) is 8.53. The van der Waals surface area contributed by atoms with Crippen molar-refractivity contribution in [1.82, 2.24) is 0 Å². The van der Waals surface area contributed by atoms with Gasteiger partial charge in [-0.3, -0.25) is 19.2 Å². The molecule has 2 fully saturated rings. The molecule has 0 bridgehead atoms. The first-order valence-corrected chi connectivity index (χ1v) is 9.70. The van der Waals surface area contributed by atoms with Gasteiger partial charge in [0, 0.05) is 0 Å². The zero-order valence-corrected chi connectivity index (χ0v) is 17.5. The van der Waals surface area contributed by atoms with Gasteiger partial charge in [0.05, 0.1) is 24.7 Å². The van der Waals surface area contributed by atoms with Crippen LogP contribution in [0.2, 0.25) is 0 Å². The first-order chi connectivity index (χ1) is 13.0. The molecule has 0 aromatic carbocycles. The minimum Gasteiger partial charge on any atom is -0.393 e. The average Bonchev–Trinajstić information content (AvgIpc) is 3.09. The Morgan fingerprint density at radius 3 is 1.71 bits per heavy atom. The lowest BCUT2D eigenvalue weighted by molar-refractivity contribution is -0.155. The number of hydrogen-bond acceptors (Lipinski definition) is 6. The molecule has 5 unspecified atom stereocenters. The first-order valence-electron chi connectivity index (χ1n) is 9.70. The molecule has 0 aliphatic carbocycles. The van der Waals surface area contributed by atoms with E-state index in [4.69, 9.17) is 0 Å². The number of cyclic esters (lactones) is 4. The molecule has 5 atom stereocenters. The van der Waals surface area contributed by atoms with E-state index in [0.717, 1.165) is 6.42 Å². The van der Waals surface area contributed by atoms with Crippen LogP contribution in [-0.4, -0.2) is 23.9 Å². The van der Waals surface area contributed by atoms with Crippen LogP contribution in [0.4, 0.5) is 0 Å². The van der Waals surface area contributed by atoms with Crippen molar-refractivity contribution in [3.63, 3.8) is 0 Å². The predicted octanol–water partition coefficient (Wildman–Crippen LogP) is 3.85. The summed E-state index contributed by atoms with van der Waals surface area (Å²) in [6.45, 7) is 17.6. The Labute approximate surface area is 167 Å². The summed E-state index contributed by atoms with van der Waals surface area (Å²) in [5, 5.41) is 0. The third-order valence-corrected chi connectivity index (χ3v) is 5.53. The molecule has 0 aromatic rings. The fourth-order valence-electron chi connectivity index (χ4n) is 3.74. The predicted molar refractivity (Wildman–Crippen MR) is 105 cm³/mol. The molecule has 2 aliphatic heterocycles. The van der Waals surface area contributed by atoms with Crippen LogP contribution >= 0.6 is 0 Å². The van der Waals surface area contributed by atoms with E-state index in [1.54, 1.807) is 12.2 Å². The molecule has 2 saturated heterocycles. The minimum absolute atomic E-state index is 0.0125. The highest BCUT2D eigenvalue weighted by Gasteiger charge is 2.42. The number of carbonyl (C=O) groups excluding carboxylic acids is 4. The van der Waals surface area contributed by atoms with E-state index < -0.39 is 17.9 Å². The maximum Gasteiger partial charge on any atom is 0.317 e. The molecule has 156 valence electrons. The summed E-state index contributed by atoms with van der Waals surface area (Å²) >= 11 is 0. The third kappa shape index (κ3) is 5.88. The van der Waals surface area contributed by atoms with E-state index in [0.29, 0.717) is 5.92 Å². The zero-order valence-electron chi connectivity index (χ0n) is 17.5. The SMILES string of the molecule is C=CC(C(C)CC)C1CC(=O)OC1=O.C=CC(C1CC(=O)OC1=O)C(C)(C)C. The highest BCUT2D eigenvalue weighted by molar-refractivity contribution is 5.95. The van der Waals surface area contributed by atoms with Gasteiger partial charge in [0.1, 0.15) is 0 Å². The standard InChI is InChI=1S/2C11H16O3/c1-5-8(11(2,3)4)7-6-9(12)14-10(7)13;1-4-7(3)8(5-2)9-6-10(12)14-11(9)13/h5,7-8H,1,6H2,2-4H3;5,7-9H,2,4,6H2,1,3H3. The second-order valence-electron chi connectivity index (χ2n) is 8.53. The molecule has 28 heavy (non-hydrogen) atoms. The van der Waals surface area contributed by atoms with Gasteiger partial charge in [0.25, 0.3) is 0 Å². The Bertz CT molecular complexity index is 642. The van der Waals surface area contributed by atoms with Crippen molar-refractivity contribution < 1.29 is 28.7 Å². The van der Waals surface area contributed by atoms with Gasteiger partial charge in [-0.15, -0.1) is 13.2 Å². The maximum atomic E-state index is 11.3. The maximum absolute atomic E-state index is 11.3. The van der Waals surface area contributed by atoms with Crippen LogP contribution < -0.4 is 0 Å². The fraction of sp³-hybridized carbons (Fsp3) is 0.636. The van der Waals surface area contributed by atoms with Crippen LogP contribution in [0.5, 0.6) is 0 Å². The highest BCUT2D eigenvalue weighted by atomic mass is 16.6. The van der Waals surface area contributed by atoms with Crippen molar-refractivity contribution in [2.24, 2.45) is 35.0 Å². The summed E-state index contributed by atoms with van der Waals surface area (Å²) in [7, 11) is 0. The van der Waals surface area contributed by atoms with E-state index in [1.807, 2.05) is 20.8 Å². The molecule has 0 spiro atoms. The third-order valence-electron chi connectivity index (χ3n) is 5.53. The van der Waals surface area contributed by atoms with E-state index in [-0.39, 0.29) is 47.9 Å². The molecular formula is C22H32O6. The summed E-state index contributed by atoms with van der Waals surface area (Å²) in [6.07, 6.45) is 4.87. The minimum atomic E-state index is -0.420. The zero-order chi connectivity index (χ0) is 21.6. The Hall–Kier alpha value is -2.24. The van der Waals surface area contributed by atoms with Crippen LogP contribution in [0, 0.1) is 35.0 Å². The molecule has 6 heteroatoms. The van der Waals surface area contributed by atoms with Crippen LogP contribution in [-0.2, 0) is 28.7 Å². The molecular weight excluding hydrogens is 360 g/mol. The van der Waals surface area contributed by atoms with E-state index in [1.165, 1.54) is 0 Å². The van der Waals surface area contributed by atoms with Crippen molar-refractivity contribution in [3.8, 4) is 0 Å². The molecule has 2 heterocycles.